The van der Waals surface area contributed by atoms with Crippen LogP contribution in [0.4, 0.5) is 5.69 Å². The number of methoxy groups -OCH3 is 2. The summed E-state index contributed by atoms with van der Waals surface area (Å²) in [5.41, 5.74) is 5.21. The number of rotatable bonds is 8. The minimum absolute atomic E-state index is 0.0621. The molecule has 10 heteroatoms. The lowest BCUT2D eigenvalue weighted by Crippen LogP contribution is -2.41. The van der Waals surface area contributed by atoms with Crippen LogP contribution in [0.3, 0.4) is 0 Å². The smallest absolute Gasteiger partial charge is 0.248 e. The van der Waals surface area contributed by atoms with Crippen LogP contribution in [-0.4, -0.2) is 51.1 Å². The number of nitrogens with one attached hydrogen (secondary N) is 1. The molecule has 0 atom stereocenters. The third-order valence-electron chi connectivity index (χ3n) is 7.06. The predicted octanol–water partition coefficient (Wildman–Crippen LogP) is 5.14. The molecule has 4 rings (SSSR count). The lowest BCUT2D eigenvalue weighted by atomic mass is 9.97. The summed E-state index contributed by atoms with van der Waals surface area (Å²) in [4.78, 5) is 13.0. The van der Waals surface area contributed by atoms with Crippen LogP contribution in [-0.2, 0) is 14.8 Å². The van der Waals surface area contributed by atoms with E-state index in [0.29, 0.717) is 35.7 Å². The molecule has 1 aliphatic rings. The van der Waals surface area contributed by atoms with Crippen LogP contribution < -0.4 is 14.8 Å². The van der Waals surface area contributed by atoms with Crippen molar-refractivity contribution in [1.29, 1.82) is 0 Å². The molecule has 1 fully saturated rings. The summed E-state index contributed by atoms with van der Waals surface area (Å²) in [7, 11) is -0.800. The zero-order valence-corrected chi connectivity index (χ0v) is 24.0. The second-order valence-corrected chi connectivity index (χ2v) is 11.7. The summed E-state index contributed by atoms with van der Waals surface area (Å²) < 4.78 is 44.7. The molecule has 0 radical (unpaired) electrons. The van der Waals surface area contributed by atoms with Crippen LogP contribution in [0.1, 0.15) is 46.5 Å². The van der Waals surface area contributed by atoms with Crippen LogP contribution in [0.2, 0.25) is 0 Å². The summed E-state index contributed by atoms with van der Waals surface area (Å²) >= 11 is 0. The fraction of sp³-hybridized carbons (Fsp3) is 0.379. The largest absolute Gasteiger partial charge is 0.497 e. The molecule has 2 heterocycles. The molecule has 2 aromatic carbocycles. The first-order valence-electron chi connectivity index (χ1n) is 12.8. The van der Waals surface area contributed by atoms with Gasteiger partial charge in [0.25, 0.3) is 0 Å². The molecule has 39 heavy (non-hydrogen) atoms. The van der Waals surface area contributed by atoms with E-state index in [4.69, 9.17) is 14.0 Å². The number of ether oxygens (including phenoxy) is 2. The highest BCUT2D eigenvalue weighted by atomic mass is 32.2. The molecule has 1 aliphatic heterocycles. The molecule has 1 N–H and O–H groups in total. The lowest BCUT2D eigenvalue weighted by molar-refractivity contribution is -0.120. The third kappa shape index (κ3) is 6.02. The Morgan fingerprint density at radius 3 is 2.31 bits per heavy atom. The Kier molecular flexibility index (Phi) is 8.46. The summed E-state index contributed by atoms with van der Waals surface area (Å²) in [6.45, 7) is 8.13. The number of carbonyl (C=O) groups is 1. The molecule has 0 bridgehead atoms. The van der Waals surface area contributed by atoms with E-state index >= 15 is 0 Å². The molecule has 9 nitrogen and oxygen atoms in total. The normalized spacial score (nSPS) is 15.0. The Hall–Kier alpha value is -3.63. The lowest BCUT2D eigenvalue weighted by Gasteiger charge is -2.30. The number of nitrogens with zero attached hydrogens (tertiary/aromatic N) is 2. The van der Waals surface area contributed by atoms with E-state index in [0.717, 1.165) is 16.7 Å². The maximum atomic E-state index is 13.7. The van der Waals surface area contributed by atoms with E-state index in [1.54, 1.807) is 38.3 Å². The molecule has 0 unspecified atom stereocenters. The Morgan fingerprint density at radius 1 is 1.03 bits per heavy atom. The Labute approximate surface area is 229 Å². The number of benzene rings is 2. The molecule has 0 aliphatic carbocycles. The fourth-order valence-electron chi connectivity index (χ4n) is 5.04. The monoisotopic (exact) mass is 553 g/mol. The van der Waals surface area contributed by atoms with Crippen LogP contribution in [0.25, 0.3) is 12.2 Å². The maximum Gasteiger partial charge on any atom is 0.248 e. The highest BCUT2D eigenvalue weighted by molar-refractivity contribution is 7.89. The molecule has 208 valence electrons. The molecule has 0 spiro atoms. The van der Waals surface area contributed by atoms with Crippen molar-refractivity contribution in [3.05, 3.63) is 64.0 Å². The average molecular weight is 554 g/mol. The first-order chi connectivity index (χ1) is 18.5. The Bertz CT molecular complexity index is 1480. The number of aromatic nitrogens is 1. The SMILES string of the molecule is COc1ccc(NC(=O)C2CCN(S(=O)(=O)c3c(C)noc3C=Cc3c(C)cc(C)cc3C)CC2)c(OC)c1. The van der Waals surface area contributed by atoms with E-state index in [9.17, 15) is 13.2 Å². The molecular formula is C29H35N3O6S. The molecule has 1 aromatic heterocycles. The number of carbonyl (C=O) groups excluding carboxylic acids is 1. The number of anilines is 1. The van der Waals surface area contributed by atoms with Gasteiger partial charge in [0.05, 0.1) is 19.9 Å². The minimum Gasteiger partial charge on any atom is -0.497 e. The number of amides is 1. The number of hydrogen-bond acceptors (Lipinski definition) is 7. The standard InChI is InChI=1S/C29H35N3O6S/c1-18-15-19(2)24(20(3)16-18)8-10-26-28(21(4)31-38-26)39(34,35)32-13-11-22(12-14-32)29(33)30-25-9-7-23(36-5)17-27(25)37-6/h7-10,15-17,22H,11-14H2,1-6H3,(H,30,33). The minimum atomic E-state index is -3.88. The molecule has 1 amide bonds. The van der Waals surface area contributed by atoms with E-state index in [-0.39, 0.29) is 35.6 Å². The predicted molar refractivity (Wildman–Crippen MR) is 150 cm³/mol. The quantitative estimate of drug-likeness (QED) is 0.411. The second kappa shape index (κ2) is 11.6. The van der Waals surface area contributed by atoms with Gasteiger partial charge in [0.2, 0.25) is 15.9 Å². The number of aryl methyl sites for hydroxylation is 4. The van der Waals surface area contributed by atoms with Gasteiger partial charge in [0, 0.05) is 25.1 Å². The van der Waals surface area contributed by atoms with Gasteiger partial charge in [0.1, 0.15) is 17.2 Å². The van der Waals surface area contributed by atoms with Crippen molar-refractivity contribution >= 4 is 33.8 Å². The topological polar surface area (TPSA) is 111 Å². The van der Waals surface area contributed by atoms with Gasteiger partial charge in [-0.05, 0) is 75.4 Å². The van der Waals surface area contributed by atoms with E-state index in [2.05, 4.69) is 22.6 Å². The highest BCUT2D eigenvalue weighted by Gasteiger charge is 2.36. The molecule has 3 aromatic rings. The van der Waals surface area contributed by atoms with Gasteiger partial charge < -0.3 is 19.3 Å². The van der Waals surface area contributed by atoms with Crippen molar-refractivity contribution in [2.45, 2.75) is 45.4 Å². The first-order valence-corrected chi connectivity index (χ1v) is 14.2. The third-order valence-corrected chi connectivity index (χ3v) is 9.12. The van der Waals surface area contributed by atoms with Crippen LogP contribution in [0.5, 0.6) is 11.5 Å². The Balaban J connectivity index is 1.47. The van der Waals surface area contributed by atoms with Gasteiger partial charge in [-0.25, -0.2) is 8.42 Å². The maximum absolute atomic E-state index is 13.7. The zero-order chi connectivity index (χ0) is 28.3. The van der Waals surface area contributed by atoms with Crippen molar-refractivity contribution in [3.8, 4) is 11.5 Å². The van der Waals surface area contributed by atoms with Crippen molar-refractivity contribution in [1.82, 2.24) is 9.46 Å². The zero-order valence-electron chi connectivity index (χ0n) is 23.2. The van der Waals surface area contributed by atoms with E-state index in [1.165, 1.54) is 17.0 Å². The number of hydrogen-bond donors (Lipinski definition) is 1. The number of sulfonamides is 1. The van der Waals surface area contributed by atoms with E-state index in [1.807, 2.05) is 26.8 Å². The van der Waals surface area contributed by atoms with Crippen LogP contribution >= 0.6 is 0 Å². The van der Waals surface area contributed by atoms with Crippen molar-refractivity contribution < 1.29 is 27.2 Å². The number of piperidine rings is 1. The van der Waals surface area contributed by atoms with Gasteiger partial charge in [-0.3, -0.25) is 4.79 Å². The first kappa shape index (κ1) is 28.4. The van der Waals surface area contributed by atoms with Crippen LogP contribution in [0.15, 0.2) is 39.8 Å². The molecule has 1 saturated heterocycles. The van der Waals surface area contributed by atoms with Crippen molar-refractivity contribution in [2.75, 3.05) is 32.6 Å². The summed E-state index contributed by atoms with van der Waals surface area (Å²) in [5.74, 6) is 0.786. The highest BCUT2D eigenvalue weighted by Crippen LogP contribution is 2.32. The summed E-state index contributed by atoms with van der Waals surface area (Å²) in [5, 5.41) is 6.86. The van der Waals surface area contributed by atoms with Gasteiger partial charge in [0.15, 0.2) is 10.7 Å². The second-order valence-electron chi connectivity index (χ2n) is 9.84. The van der Waals surface area contributed by atoms with Gasteiger partial charge >= 0.3 is 0 Å². The van der Waals surface area contributed by atoms with Gasteiger partial charge in [-0.2, -0.15) is 4.31 Å². The van der Waals surface area contributed by atoms with Crippen molar-refractivity contribution in [3.63, 3.8) is 0 Å². The molecule has 0 saturated carbocycles. The van der Waals surface area contributed by atoms with E-state index < -0.39 is 10.0 Å². The Morgan fingerprint density at radius 2 is 1.69 bits per heavy atom. The van der Waals surface area contributed by atoms with Crippen molar-refractivity contribution in [2.24, 2.45) is 5.92 Å². The van der Waals surface area contributed by atoms with Crippen LogP contribution in [0, 0.1) is 33.6 Å². The fourth-order valence-corrected chi connectivity index (χ4v) is 6.76. The summed E-state index contributed by atoms with van der Waals surface area (Å²) in [6.07, 6.45) is 4.31. The molecular weight excluding hydrogens is 518 g/mol. The average Bonchev–Trinajstić information content (AvgIpc) is 3.29. The summed E-state index contributed by atoms with van der Waals surface area (Å²) in [6, 6.07) is 9.32. The van der Waals surface area contributed by atoms with Gasteiger partial charge in [-0.15, -0.1) is 0 Å². The van der Waals surface area contributed by atoms with Gasteiger partial charge in [-0.1, -0.05) is 28.9 Å².